The number of pyridine rings is 1. The minimum atomic E-state index is -0.0797. The van der Waals surface area contributed by atoms with Gasteiger partial charge in [-0.1, -0.05) is 6.08 Å². The van der Waals surface area contributed by atoms with Crippen molar-refractivity contribution in [1.29, 1.82) is 0 Å². The van der Waals surface area contributed by atoms with E-state index in [1.54, 1.807) is 23.1 Å². The second-order valence-corrected chi connectivity index (χ2v) is 5.19. The first-order chi connectivity index (χ1) is 10.8. The number of nitrogens with zero attached hydrogens (tertiary/aromatic N) is 2. The molecule has 2 aromatic rings. The van der Waals surface area contributed by atoms with E-state index in [1.165, 1.54) is 11.8 Å². The van der Waals surface area contributed by atoms with Gasteiger partial charge in [-0.3, -0.25) is 9.78 Å². The first-order valence-corrected chi connectivity index (χ1v) is 7.25. The fourth-order valence-electron chi connectivity index (χ4n) is 2.67. The third-order valence-electron chi connectivity index (χ3n) is 3.74. The van der Waals surface area contributed by atoms with Crippen LogP contribution in [0.5, 0.6) is 0 Å². The molecule has 22 heavy (non-hydrogen) atoms. The number of hydrogen-bond acceptors (Lipinski definition) is 4. The summed E-state index contributed by atoms with van der Waals surface area (Å²) < 4.78 is 10.7. The Morgan fingerprint density at radius 3 is 3.18 bits per heavy atom. The molecule has 2 aromatic heterocycles. The van der Waals surface area contributed by atoms with Gasteiger partial charge in [0.1, 0.15) is 0 Å². The zero-order valence-corrected chi connectivity index (χ0v) is 12.3. The highest BCUT2D eigenvalue weighted by molar-refractivity contribution is 5.91. The molecule has 0 saturated carbocycles. The van der Waals surface area contributed by atoms with E-state index in [2.05, 4.69) is 11.6 Å². The normalized spacial score (nSPS) is 13.7. The summed E-state index contributed by atoms with van der Waals surface area (Å²) in [4.78, 5) is 18.4. The van der Waals surface area contributed by atoms with Gasteiger partial charge in [0.05, 0.1) is 19.5 Å². The molecule has 0 fully saturated rings. The average Bonchev–Trinajstić information content (AvgIpc) is 3.08. The molecule has 0 spiro atoms. The Bertz CT molecular complexity index is 665. The van der Waals surface area contributed by atoms with E-state index in [1.807, 2.05) is 12.4 Å². The number of carbonyl (C=O) groups is 1. The van der Waals surface area contributed by atoms with Crippen molar-refractivity contribution in [2.45, 2.75) is 19.6 Å². The molecule has 1 aliphatic rings. The van der Waals surface area contributed by atoms with Gasteiger partial charge in [0.25, 0.3) is 5.91 Å². The van der Waals surface area contributed by atoms with Crippen LogP contribution < -0.4 is 0 Å². The molecule has 0 unspecified atom stereocenters. The molecule has 5 heteroatoms. The number of rotatable bonds is 5. The lowest BCUT2D eigenvalue weighted by molar-refractivity contribution is 0.0701. The van der Waals surface area contributed by atoms with Crippen LogP contribution >= 0.6 is 0 Å². The van der Waals surface area contributed by atoms with Crippen molar-refractivity contribution in [2.24, 2.45) is 0 Å². The van der Waals surface area contributed by atoms with E-state index in [4.69, 9.17) is 9.15 Å². The van der Waals surface area contributed by atoms with Crippen molar-refractivity contribution in [3.05, 3.63) is 65.9 Å². The van der Waals surface area contributed by atoms with Crippen LogP contribution in [0.4, 0.5) is 0 Å². The number of ether oxygens (including phenoxy) is 1. The summed E-state index contributed by atoms with van der Waals surface area (Å²) in [5, 5.41) is 0. The van der Waals surface area contributed by atoms with Gasteiger partial charge in [-0.05, 0) is 35.2 Å². The summed E-state index contributed by atoms with van der Waals surface area (Å²) in [6.07, 6.45) is 7.71. The van der Waals surface area contributed by atoms with Gasteiger partial charge in [-0.15, -0.1) is 6.58 Å². The fourth-order valence-corrected chi connectivity index (χ4v) is 2.67. The van der Waals surface area contributed by atoms with E-state index in [0.29, 0.717) is 32.1 Å². The fraction of sp³-hybridized carbons (Fsp3) is 0.294. The number of aromatic nitrogens is 1. The van der Waals surface area contributed by atoms with Crippen molar-refractivity contribution in [2.75, 3.05) is 13.2 Å². The summed E-state index contributed by atoms with van der Waals surface area (Å²) in [5.74, 6) is 0.297. The third kappa shape index (κ3) is 2.94. The average molecular weight is 298 g/mol. The van der Waals surface area contributed by atoms with E-state index in [9.17, 15) is 4.79 Å². The highest BCUT2D eigenvalue weighted by Gasteiger charge is 2.24. The van der Waals surface area contributed by atoms with Crippen molar-refractivity contribution < 1.29 is 13.9 Å². The minimum Gasteiger partial charge on any atom is -0.459 e. The topological polar surface area (TPSA) is 55.6 Å². The maximum atomic E-state index is 12.3. The summed E-state index contributed by atoms with van der Waals surface area (Å²) >= 11 is 0. The Balaban J connectivity index is 1.75. The maximum Gasteiger partial charge on any atom is 0.289 e. The predicted octanol–water partition coefficient (Wildman–Crippen LogP) is 2.58. The van der Waals surface area contributed by atoms with E-state index in [0.717, 1.165) is 17.5 Å². The molecule has 0 radical (unpaired) electrons. The molecule has 0 bridgehead atoms. The number of fused-ring (bicyclic) bond motifs is 1. The highest BCUT2D eigenvalue weighted by atomic mass is 16.5. The van der Waals surface area contributed by atoms with Crippen LogP contribution in [0.15, 0.2) is 47.9 Å². The maximum absolute atomic E-state index is 12.3. The molecule has 0 N–H and O–H groups in total. The quantitative estimate of drug-likeness (QED) is 0.629. The molecule has 0 saturated heterocycles. The standard InChI is InChI=1S/C17H18N2O3/c1-2-7-21-12-14-10-18-9-13-11-19(6-5-15(13)14)17(20)16-4-3-8-22-16/h2-4,8-10H,1,5-7,11-12H2. The molecule has 0 atom stereocenters. The third-order valence-corrected chi connectivity index (χ3v) is 3.74. The van der Waals surface area contributed by atoms with Crippen molar-refractivity contribution in [3.8, 4) is 0 Å². The highest BCUT2D eigenvalue weighted by Crippen LogP contribution is 2.23. The van der Waals surface area contributed by atoms with E-state index >= 15 is 0 Å². The van der Waals surface area contributed by atoms with Crippen molar-refractivity contribution >= 4 is 5.91 Å². The number of furan rings is 1. The van der Waals surface area contributed by atoms with Crippen molar-refractivity contribution in [3.63, 3.8) is 0 Å². The lowest BCUT2D eigenvalue weighted by atomic mass is 9.97. The molecule has 5 nitrogen and oxygen atoms in total. The van der Waals surface area contributed by atoms with E-state index < -0.39 is 0 Å². The Morgan fingerprint density at radius 2 is 2.41 bits per heavy atom. The van der Waals surface area contributed by atoms with Crippen LogP contribution in [0, 0.1) is 0 Å². The second-order valence-electron chi connectivity index (χ2n) is 5.19. The SMILES string of the molecule is C=CCOCc1cncc2c1CCN(C(=O)c1ccco1)C2. The van der Waals surface area contributed by atoms with Gasteiger partial charge < -0.3 is 14.1 Å². The van der Waals surface area contributed by atoms with Crippen LogP contribution in [-0.4, -0.2) is 28.9 Å². The minimum absolute atomic E-state index is 0.0797. The molecular formula is C17H18N2O3. The summed E-state index contributed by atoms with van der Waals surface area (Å²) in [7, 11) is 0. The van der Waals surface area contributed by atoms with Crippen LogP contribution in [-0.2, 0) is 24.3 Å². The van der Waals surface area contributed by atoms with Gasteiger partial charge in [0.15, 0.2) is 5.76 Å². The smallest absolute Gasteiger partial charge is 0.289 e. The number of amides is 1. The molecule has 3 heterocycles. The van der Waals surface area contributed by atoms with Crippen molar-refractivity contribution in [1.82, 2.24) is 9.88 Å². The van der Waals surface area contributed by atoms with Crippen LogP contribution in [0.2, 0.25) is 0 Å². The summed E-state index contributed by atoms with van der Waals surface area (Å²) in [5.41, 5.74) is 3.40. The van der Waals surface area contributed by atoms with Gasteiger partial charge in [-0.2, -0.15) is 0 Å². The molecule has 1 amide bonds. The van der Waals surface area contributed by atoms with E-state index in [-0.39, 0.29) is 5.91 Å². The largest absolute Gasteiger partial charge is 0.459 e. The number of hydrogen-bond donors (Lipinski definition) is 0. The zero-order chi connectivity index (χ0) is 15.4. The Kier molecular flexibility index (Phi) is 4.34. The molecule has 0 aromatic carbocycles. The summed E-state index contributed by atoms with van der Waals surface area (Å²) in [6, 6.07) is 3.41. The Morgan fingerprint density at radius 1 is 1.50 bits per heavy atom. The molecule has 1 aliphatic heterocycles. The van der Waals surface area contributed by atoms with Crippen LogP contribution in [0.25, 0.3) is 0 Å². The van der Waals surface area contributed by atoms with Crippen LogP contribution in [0.1, 0.15) is 27.2 Å². The van der Waals surface area contributed by atoms with Gasteiger partial charge >= 0.3 is 0 Å². The lowest BCUT2D eigenvalue weighted by Crippen LogP contribution is -2.36. The Hall–Kier alpha value is -2.40. The van der Waals surface area contributed by atoms with Gasteiger partial charge in [0, 0.05) is 25.5 Å². The zero-order valence-electron chi connectivity index (χ0n) is 12.3. The first-order valence-electron chi connectivity index (χ1n) is 7.25. The second kappa shape index (κ2) is 6.58. The molecular weight excluding hydrogens is 280 g/mol. The van der Waals surface area contributed by atoms with Gasteiger partial charge in [0.2, 0.25) is 0 Å². The molecule has 114 valence electrons. The monoisotopic (exact) mass is 298 g/mol. The number of carbonyl (C=O) groups excluding carboxylic acids is 1. The lowest BCUT2D eigenvalue weighted by Gasteiger charge is -2.29. The predicted molar refractivity (Wildman–Crippen MR) is 81.2 cm³/mol. The van der Waals surface area contributed by atoms with Crippen LogP contribution in [0.3, 0.4) is 0 Å². The first kappa shape index (κ1) is 14.5. The van der Waals surface area contributed by atoms with Gasteiger partial charge in [-0.25, -0.2) is 0 Å². The molecule has 3 rings (SSSR count). The Labute approximate surface area is 129 Å². The summed E-state index contributed by atoms with van der Waals surface area (Å²) in [6.45, 7) is 5.91. The molecule has 0 aliphatic carbocycles.